The molecule has 0 atom stereocenters. The molecule has 0 radical (unpaired) electrons. The van der Waals surface area contributed by atoms with E-state index in [4.69, 9.17) is 9.47 Å². The van der Waals surface area contributed by atoms with Gasteiger partial charge in [0.1, 0.15) is 12.4 Å². The average Bonchev–Trinajstić information content (AvgIpc) is 2.44. The Bertz CT molecular complexity index is 456. The summed E-state index contributed by atoms with van der Waals surface area (Å²) in [6.07, 6.45) is 0.727. The van der Waals surface area contributed by atoms with E-state index in [2.05, 4.69) is 9.97 Å². The fraction of sp³-hybridized carbons (Fsp3) is 0.643. The molecule has 1 heterocycles. The Labute approximate surface area is 122 Å². The van der Waals surface area contributed by atoms with Crippen molar-refractivity contribution in [3.8, 4) is 0 Å². The number of ether oxygens (including phenoxy) is 2. The van der Waals surface area contributed by atoms with Crippen molar-refractivity contribution in [2.75, 3.05) is 19.8 Å². The fourth-order valence-corrected chi connectivity index (χ4v) is 1.72. The first kappa shape index (κ1) is 17.4. The highest BCUT2D eigenvalue weighted by Crippen LogP contribution is 2.10. The molecule has 0 aromatic carbocycles. The lowest BCUT2D eigenvalue weighted by Crippen LogP contribution is -2.14. The maximum atomic E-state index is 11.9. The van der Waals surface area contributed by atoms with Crippen LogP contribution in [0, 0.1) is 0 Å². The quantitative estimate of drug-likeness (QED) is 0.518. The van der Waals surface area contributed by atoms with Crippen LogP contribution in [0.1, 0.15) is 42.1 Å². The third-order valence-corrected chi connectivity index (χ3v) is 2.61. The van der Waals surface area contributed by atoms with Crippen LogP contribution in [-0.2, 0) is 22.3 Å². The molecule has 0 aliphatic heterocycles. The van der Waals surface area contributed by atoms with E-state index in [1.807, 2.05) is 6.92 Å². The molecule has 118 valence electrons. The lowest BCUT2D eigenvalue weighted by atomic mass is 10.1. The molecule has 0 fully saturated rings. The van der Waals surface area contributed by atoms with Gasteiger partial charge in [0.05, 0.1) is 24.5 Å². The van der Waals surface area contributed by atoms with E-state index < -0.39 is 19.0 Å². The summed E-state index contributed by atoms with van der Waals surface area (Å²) in [6, 6.07) is 0. The van der Waals surface area contributed by atoms with Crippen molar-refractivity contribution in [2.45, 2.75) is 39.5 Å². The van der Waals surface area contributed by atoms with Crippen molar-refractivity contribution in [3.63, 3.8) is 0 Å². The number of esters is 1. The normalized spacial score (nSPS) is 10.9. The van der Waals surface area contributed by atoms with Crippen molar-refractivity contribution in [1.29, 1.82) is 0 Å². The van der Waals surface area contributed by atoms with Crippen LogP contribution in [0.15, 0.2) is 6.20 Å². The van der Waals surface area contributed by atoms with E-state index in [1.165, 1.54) is 6.20 Å². The lowest BCUT2D eigenvalue weighted by Gasteiger charge is -2.09. The second kappa shape index (κ2) is 9.33. The lowest BCUT2D eigenvalue weighted by molar-refractivity contribution is 0.0182. The number of aryl methyl sites for hydroxylation is 1. The predicted octanol–water partition coefficient (Wildman–Crippen LogP) is 2.43. The van der Waals surface area contributed by atoms with E-state index in [0.717, 1.165) is 6.42 Å². The van der Waals surface area contributed by atoms with E-state index in [1.54, 1.807) is 6.92 Å². The second-order valence-corrected chi connectivity index (χ2v) is 4.33. The van der Waals surface area contributed by atoms with Gasteiger partial charge in [0.2, 0.25) is 0 Å². The number of hydrogen-bond donors (Lipinski definition) is 0. The Morgan fingerprint density at radius 3 is 2.71 bits per heavy atom. The van der Waals surface area contributed by atoms with Gasteiger partial charge < -0.3 is 9.47 Å². The van der Waals surface area contributed by atoms with Gasteiger partial charge in [-0.25, -0.2) is 23.5 Å². The Kier molecular flexibility index (Phi) is 7.74. The molecule has 21 heavy (non-hydrogen) atoms. The molecule has 0 aliphatic carbocycles. The minimum absolute atomic E-state index is 0.120. The van der Waals surface area contributed by atoms with Crippen molar-refractivity contribution in [1.82, 2.24) is 9.97 Å². The zero-order valence-corrected chi connectivity index (χ0v) is 12.3. The maximum absolute atomic E-state index is 11.9. The number of carbonyl (C=O) groups is 1. The third kappa shape index (κ3) is 6.12. The summed E-state index contributed by atoms with van der Waals surface area (Å²) in [7, 11) is 0. The molecule has 0 saturated carbocycles. The molecule has 0 saturated heterocycles. The molecule has 7 heteroatoms. The molecule has 0 bridgehead atoms. The second-order valence-electron chi connectivity index (χ2n) is 4.33. The van der Waals surface area contributed by atoms with Crippen molar-refractivity contribution in [3.05, 3.63) is 23.3 Å². The Morgan fingerprint density at radius 1 is 1.33 bits per heavy atom. The molecular weight excluding hydrogens is 282 g/mol. The largest absolute Gasteiger partial charge is 0.462 e. The maximum Gasteiger partial charge on any atom is 0.341 e. The van der Waals surface area contributed by atoms with Gasteiger partial charge in [0, 0.05) is 12.6 Å². The van der Waals surface area contributed by atoms with Gasteiger partial charge in [0.25, 0.3) is 6.43 Å². The Balaban J connectivity index is 2.71. The first-order valence-electron chi connectivity index (χ1n) is 6.96. The van der Waals surface area contributed by atoms with Crippen molar-refractivity contribution in [2.24, 2.45) is 0 Å². The van der Waals surface area contributed by atoms with Crippen LogP contribution in [0.2, 0.25) is 0 Å². The van der Waals surface area contributed by atoms with Crippen LogP contribution in [0.3, 0.4) is 0 Å². The van der Waals surface area contributed by atoms with Crippen molar-refractivity contribution < 1.29 is 23.0 Å². The standard InChI is InChI=1S/C14H20F2N2O3/c1-3-5-11-10(14(19)21-4-2)8-17-13(18-11)6-7-20-9-12(15)16/h8,12H,3-7,9H2,1-2H3. The zero-order valence-electron chi connectivity index (χ0n) is 12.3. The van der Waals surface area contributed by atoms with Crippen molar-refractivity contribution >= 4 is 5.97 Å². The monoisotopic (exact) mass is 302 g/mol. The van der Waals surface area contributed by atoms with Crippen LogP contribution < -0.4 is 0 Å². The molecule has 1 aromatic heterocycles. The van der Waals surface area contributed by atoms with Gasteiger partial charge in [-0.1, -0.05) is 13.3 Å². The summed E-state index contributed by atoms with van der Waals surface area (Å²) in [5.41, 5.74) is 0.978. The summed E-state index contributed by atoms with van der Waals surface area (Å²) >= 11 is 0. The topological polar surface area (TPSA) is 61.3 Å². The molecule has 0 spiro atoms. The van der Waals surface area contributed by atoms with Crippen LogP contribution in [0.4, 0.5) is 8.78 Å². The van der Waals surface area contributed by atoms with E-state index >= 15 is 0 Å². The highest BCUT2D eigenvalue weighted by molar-refractivity contribution is 5.90. The number of aromatic nitrogens is 2. The molecule has 1 rings (SSSR count). The highest BCUT2D eigenvalue weighted by atomic mass is 19.3. The minimum atomic E-state index is -2.48. The number of carbonyl (C=O) groups excluding carboxylic acids is 1. The van der Waals surface area contributed by atoms with Gasteiger partial charge >= 0.3 is 5.97 Å². The van der Waals surface area contributed by atoms with Gasteiger partial charge in [-0.3, -0.25) is 0 Å². The molecular formula is C14H20F2N2O3. The smallest absolute Gasteiger partial charge is 0.341 e. The Hall–Kier alpha value is -1.63. The van der Waals surface area contributed by atoms with Gasteiger partial charge in [-0.2, -0.15) is 0 Å². The number of halogens is 2. The predicted molar refractivity (Wildman–Crippen MR) is 72.5 cm³/mol. The summed E-state index contributed by atoms with van der Waals surface area (Å²) in [4.78, 5) is 20.1. The number of rotatable bonds is 9. The highest BCUT2D eigenvalue weighted by Gasteiger charge is 2.15. The van der Waals surface area contributed by atoms with Crippen LogP contribution in [0.25, 0.3) is 0 Å². The van der Waals surface area contributed by atoms with Crippen LogP contribution in [0.5, 0.6) is 0 Å². The Morgan fingerprint density at radius 2 is 2.10 bits per heavy atom. The molecule has 0 amide bonds. The average molecular weight is 302 g/mol. The number of hydrogen-bond acceptors (Lipinski definition) is 5. The number of nitrogens with zero attached hydrogens (tertiary/aromatic N) is 2. The van der Waals surface area contributed by atoms with Crippen LogP contribution in [-0.4, -0.2) is 42.2 Å². The fourth-order valence-electron chi connectivity index (χ4n) is 1.72. The SMILES string of the molecule is CCCc1nc(CCOCC(F)F)ncc1C(=O)OCC. The van der Waals surface area contributed by atoms with Gasteiger partial charge in [-0.15, -0.1) is 0 Å². The first-order valence-corrected chi connectivity index (χ1v) is 6.96. The molecule has 0 unspecified atom stereocenters. The van der Waals surface area contributed by atoms with E-state index in [-0.39, 0.29) is 13.2 Å². The zero-order chi connectivity index (χ0) is 15.7. The molecule has 5 nitrogen and oxygen atoms in total. The first-order chi connectivity index (χ1) is 10.1. The molecule has 0 aliphatic rings. The van der Waals surface area contributed by atoms with E-state index in [9.17, 15) is 13.6 Å². The summed E-state index contributed by atoms with van der Waals surface area (Å²) < 4.78 is 33.6. The van der Waals surface area contributed by atoms with E-state index in [0.29, 0.717) is 29.9 Å². The third-order valence-electron chi connectivity index (χ3n) is 2.61. The summed E-state index contributed by atoms with van der Waals surface area (Å²) in [5, 5.41) is 0. The number of alkyl halides is 2. The molecule has 1 aromatic rings. The summed E-state index contributed by atoms with van der Waals surface area (Å²) in [6.45, 7) is 3.51. The van der Waals surface area contributed by atoms with Gasteiger partial charge in [-0.05, 0) is 13.3 Å². The van der Waals surface area contributed by atoms with Crippen LogP contribution >= 0.6 is 0 Å². The summed E-state index contributed by atoms with van der Waals surface area (Å²) in [5.74, 6) is 0.0298. The minimum Gasteiger partial charge on any atom is -0.462 e. The van der Waals surface area contributed by atoms with Gasteiger partial charge in [0.15, 0.2) is 0 Å². The molecule has 0 N–H and O–H groups in total.